The number of aryl methyl sites for hydroxylation is 2. The predicted molar refractivity (Wildman–Crippen MR) is 91.0 cm³/mol. The van der Waals surface area contributed by atoms with Gasteiger partial charge in [-0.1, -0.05) is 18.2 Å². The summed E-state index contributed by atoms with van der Waals surface area (Å²) in [7, 11) is 0. The molecule has 0 saturated carbocycles. The summed E-state index contributed by atoms with van der Waals surface area (Å²) in [6.07, 6.45) is 5.63. The monoisotopic (exact) mass is 329 g/mol. The number of benzene rings is 1. The standard InChI is InChI=1S/C19H24FN3O/c1-15-10-12-23(21-15)14-19(24)22-11-4-5-16(13-22)8-9-17-6-2-3-7-18(17)20/h2-3,6-7,10,12,16H,4-5,8-9,11,13-14H2,1H3. The topological polar surface area (TPSA) is 38.1 Å². The molecule has 1 aliphatic rings. The first-order valence-electron chi connectivity index (χ1n) is 8.63. The minimum absolute atomic E-state index is 0.119. The number of nitrogens with zero attached hydrogens (tertiary/aromatic N) is 3. The van der Waals surface area contributed by atoms with Gasteiger partial charge in [0, 0.05) is 19.3 Å². The van der Waals surface area contributed by atoms with Crippen molar-refractivity contribution in [3.63, 3.8) is 0 Å². The lowest BCUT2D eigenvalue weighted by Crippen LogP contribution is -2.41. The number of carbonyl (C=O) groups excluding carboxylic acids is 1. The molecule has 1 amide bonds. The Hall–Kier alpha value is -2.17. The smallest absolute Gasteiger partial charge is 0.244 e. The first-order chi connectivity index (χ1) is 11.6. The Morgan fingerprint density at radius 2 is 2.17 bits per heavy atom. The van der Waals surface area contributed by atoms with Crippen LogP contribution in [0.25, 0.3) is 0 Å². The van der Waals surface area contributed by atoms with Crippen LogP contribution in [0.4, 0.5) is 4.39 Å². The molecule has 0 bridgehead atoms. The van der Waals surface area contributed by atoms with Gasteiger partial charge >= 0.3 is 0 Å². The maximum Gasteiger partial charge on any atom is 0.244 e. The van der Waals surface area contributed by atoms with E-state index in [0.29, 0.717) is 12.5 Å². The highest BCUT2D eigenvalue weighted by molar-refractivity contribution is 5.76. The number of halogens is 1. The van der Waals surface area contributed by atoms with Crippen molar-refractivity contribution in [1.29, 1.82) is 0 Å². The molecule has 0 aliphatic carbocycles. The number of aromatic nitrogens is 2. The lowest BCUT2D eigenvalue weighted by Gasteiger charge is -2.33. The van der Waals surface area contributed by atoms with Gasteiger partial charge in [-0.3, -0.25) is 9.48 Å². The Morgan fingerprint density at radius 1 is 1.33 bits per heavy atom. The maximum absolute atomic E-state index is 13.7. The lowest BCUT2D eigenvalue weighted by atomic mass is 9.91. The number of hydrogen-bond donors (Lipinski definition) is 0. The molecule has 3 rings (SSSR count). The fourth-order valence-corrected chi connectivity index (χ4v) is 3.38. The van der Waals surface area contributed by atoms with Crippen molar-refractivity contribution in [1.82, 2.24) is 14.7 Å². The third kappa shape index (κ3) is 4.22. The zero-order valence-corrected chi connectivity index (χ0v) is 14.1. The van der Waals surface area contributed by atoms with Crippen LogP contribution in [-0.2, 0) is 17.8 Å². The fourth-order valence-electron chi connectivity index (χ4n) is 3.38. The second kappa shape index (κ2) is 7.60. The molecule has 4 nitrogen and oxygen atoms in total. The molecule has 1 atom stereocenters. The first kappa shape index (κ1) is 16.7. The molecule has 1 aromatic heterocycles. The average Bonchev–Trinajstić information content (AvgIpc) is 2.99. The SMILES string of the molecule is Cc1ccn(CC(=O)N2CCCC(CCc3ccccc3F)C2)n1. The van der Waals surface area contributed by atoms with Gasteiger partial charge in [0.1, 0.15) is 12.4 Å². The van der Waals surface area contributed by atoms with Gasteiger partial charge in [0.25, 0.3) is 0 Å². The zero-order valence-electron chi connectivity index (χ0n) is 14.1. The summed E-state index contributed by atoms with van der Waals surface area (Å²) in [5.41, 5.74) is 1.69. The molecule has 24 heavy (non-hydrogen) atoms. The highest BCUT2D eigenvalue weighted by Gasteiger charge is 2.24. The van der Waals surface area contributed by atoms with E-state index in [4.69, 9.17) is 0 Å². The van der Waals surface area contributed by atoms with Gasteiger partial charge in [0.2, 0.25) is 5.91 Å². The number of rotatable bonds is 5. The van der Waals surface area contributed by atoms with E-state index >= 15 is 0 Å². The molecule has 5 heteroatoms. The summed E-state index contributed by atoms with van der Waals surface area (Å²) < 4.78 is 15.4. The molecule has 1 saturated heterocycles. The fraction of sp³-hybridized carbons (Fsp3) is 0.474. The van der Waals surface area contributed by atoms with E-state index in [2.05, 4.69) is 5.10 Å². The average molecular weight is 329 g/mol. The van der Waals surface area contributed by atoms with Gasteiger partial charge in [-0.05, 0) is 56.2 Å². The molecule has 0 radical (unpaired) electrons. The third-order valence-electron chi connectivity index (χ3n) is 4.72. The second-order valence-electron chi connectivity index (χ2n) is 6.63. The van der Waals surface area contributed by atoms with Crippen LogP contribution in [0.1, 0.15) is 30.5 Å². The van der Waals surface area contributed by atoms with Crippen LogP contribution in [0.3, 0.4) is 0 Å². The Balaban J connectivity index is 1.52. The van der Waals surface area contributed by atoms with Crippen LogP contribution >= 0.6 is 0 Å². The third-order valence-corrected chi connectivity index (χ3v) is 4.72. The summed E-state index contributed by atoms with van der Waals surface area (Å²) in [6, 6.07) is 8.86. The van der Waals surface area contributed by atoms with Gasteiger partial charge in [0.05, 0.1) is 5.69 Å². The Bertz CT molecular complexity index is 697. The quantitative estimate of drug-likeness (QED) is 0.845. The largest absolute Gasteiger partial charge is 0.341 e. The normalized spacial score (nSPS) is 17.9. The number of likely N-dealkylation sites (tertiary alicyclic amines) is 1. The van der Waals surface area contributed by atoms with Crippen molar-refractivity contribution < 1.29 is 9.18 Å². The van der Waals surface area contributed by atoms with Crippen molar-refractivity contribution in [3.8, 4) is 0 Å². The Labute approximate surface area is 142 Å². The van der Waals surface area contributed by atoms with Crippen molar-refractivity contribution >= 4 is 5.91 Å². The molecule has 2 aromatic rings. The lowest BCUT2D eigenvalue weighted by molar-refractivity contribution is -0.133. The molecule has 1 aromatic carbocycles. The minimum atomic E-state index is -0.129. The van der Waals surface area contributed by atoms with E-state index in [1.807, 2.05) is 36.2 Å². The highest BCUT2D eigenvalue weighted by atomic mass is 19.1. The molecule has 0 N–H and O–H groups in total. The van der Waals surface area contributed by atoms with Gasteiger partial charge in [0.15, 0.2) is 0 Å². The molecule has 128 valence electrons. The van der Waals surface area contributed by atoms with Crippen LogP contribution in [0.15, 0.2) is 36.5 Å². The number of amides is 1. The molecular formula is C19H24FN3O. The highest BCUT2D eigenvalue weighted by Crippen LogP contribution is 2.22. The van der Waals surface area contributed by atoms with Crippen LogP contribution in [-0.4, -0.2) is 33.7 Å². The molecular weight excluding hydrogens is 305 g/mol. The van der Waals surface area contributed by atoms with Gasteiger partial charge in [-0.25, -0.2) is 4.39 Å². The van der Waals surface area contributed by atoms with Crippen LogP contribution in [0, 0.1) is 18.7 Å². The van der Waals surface area contributed by atoms with E-state index in [1.54, 1.807) is 10.7 Å². The molecule has 2 heterocycles. The summed E-state index contributed by atoms with van der Waals surface area (Å²) in [4.78, 5) is 14.4. The molecule has 1 aliphatic heterocycles. The number of carbonyl (C=O) groups is 1. The van der Waals surface area contributed by atoms with E-state index in [1.165, 1.54) is 6.07 Å². The van der Waals surface area contributed by atoms with Crippen molar-refractivity contribution in [2.75, 3.05) is 13.1 Å². The van der Waals surface area contributed by atoms with Crippen molar-refractivity contribution in [2.45, 2.75) is 39.2 Å². The van der Waals surface area contributed by atoms with Gasteiger partial charge in [-0.2, -0.15) is 5.10 Å². The van der Waals surface area contributed by atoms with Crippen molar-refractivity contribution in [2.24, 2.45) is 5.92 Å². The summed E-state index contributed by atoms with van der Waals surface area (Å²) >= 11 is 0. The minimum Gasteiger partial charge on any atom is -0.341 e. The summed E-state index contributed by atoms with van der Waals surface area (Å²) in [5, 5.41) is 4.28. The van der Waals surface area contributed by atoms with E-state index in [0.717, 1.165) is 50.0 Å². The zero-order chi connectivity index (χ0) is 16.9. The summed E-state index contributed by atoms with van der Waals surface area (Å²) in [6.45, 7) is 3.80. The van der Waals surface area contributed by atoms with Crippen molar-refractivity contribution in [3.05, 3.63) is 53.6 Å². The number of piperidine rings is 1. The van der Waals surface area contributed by atoms with E-state index in [-0.39, 0.29) is 11.7 Å². The maximum atomic E-state index is 13.7. The van der Waals surface area contributed by atoms with Gasteiger partial charge in [-0.15, -0.1) is 0 Å². The van der Waals surface area contributed by atoms with E-state index < -0.39 is 0 Å². The predicted octanol–water partition coefficient (Wildman–Crippen LogP) is 3.20. The Morgan fingerprint density at radius 3 is 2.92 bits per heavy atom. The molecule has 1 fully saturated rings. The number of hydrogen-bond acceptors (Lipinski definition) is 2. The molecule has 1 unspecified atom stereocenters. The van der Waals surface area contributed by atoms with Crippen LogP contribution in [0.2, 0.25) is 0 Å². The van der Waals surface area contributed by atoms with Gasteiger partial charge < -0.3 is 4.90 Å². The summed E-state index contributed by atoms with van der Waals surface area (Å²) in [5.74, 6) is 0.436. The molecule has 0 spiro atoms. The second-order valence-corrected chi connectivity index (χ2v) is 6.63. The first-order valence-corrected chi connectivity index (χ1v) is 8.63. The Kier molecular flexibility index (Phi) is 5.28. The van der Waals surface area contributed by atoms with Crippen LogP contribution in [0.5, 0.6) is 0 Å². The van der Waals surface area contributed by atoms with Crippen LogP contribution < -0.4 is 0 Å². The van der Waals surface area contributed by atoms with E-state index in [9.17, 15) is 9.18 Å².